The van der Waals surface area contributed by atoms with Crippen LogP contribution in [0, 0.1) is 10.8 Å². The molecule has 0 unspecified atom stereocenters. The normalized spacial score (nSPS) is 23.4. The summed E-state index contributed by atoms with van der Waals surface area (Å²) in [4.78, 5) is 36.4. The van der Waals surface area contributed by atoms with E-state index in [9.17, 15) is 14.4 Å². The SMILES string of the molecule is COC(=O)C1=C[C@H](OC(=O)C(C)(C)C)[C@H](OC(=O)C(C)(C)C)[C@@H](OC)O1. The monoisotopic (exact) mass is 372 g/mol. The summed E-state index contributed by atoms with van der Waals surface area (Å²) >= 11 is 0. The third-order valence-corrected chi connectivity index (χ3v) is 3.48. The Morgan fingerprint density at radius 3 is 1.85 bits per heavy atom. The van der Waals surface area contributed by atoms with Crippen LogP contribution in [-0.4, -0.2) is 50.6 Å². The van der Waals surface area contributed by atoms with Crippen molar-refractivity contribution in [3.63, 3.8) is 0 Å². The van der Waals surface area contributed by atoms with Crippen molar-refractivity contribution in [3.05, 3.63) is 11.8 Å². The molecule has 0 amide bonds. The van der Waals surface area contributed by atoms with E-state index in [1.165, 1.54) is 20.3 Å². The Bertz CT molecular complexity index is 579. The Balaban J connectivity index is 3.22. The molecule has 0 N–H and O–H groups in total. The van der Waals surface area contributed by atoms with Gasteiger partial charge in [0.2, 0.25) is 18.2 Å². The van der Waals surface area contributed by atoms with Crippen molar-refractivity contribution >= 4 is 17.9 Å². The Morgan fingerprint density at radius 2 is 1.42 bits per heavy atom. The second-order valence-corrected chi connectivity index (χ2v) is 7.98. The first-order valence-corrected chi connectivity index (χ1v) is 8.23. The molecule has 0 aliphatic carbocycles. The largest absolute Gasteiger partial charge is 0.463 e. The van der Waals surface area contributed by atoms with Crippen molar-refractivity contribution in [2.45, 2.75) is 60.0 Å². The van der Waals surface area contributed by atoms with Gasteiger partial charge in [0.15, 0.2) is 6.10 Å². The topological polar surface area (TPSA) is 97.4 Å². The van der Waals surface area contributed by atoms with E-state index < -0.39 is 47.2 Å². The molecule has 1 aliphatic heterocycles. The van der Waals surface area contributed by atoms with Crippen LogP contribution in [-0.2, 0) is 38.1 Å². The zero-order chi connectivity index (χ0) is 20.3. The molecular formula is C18H28O8. The summed E-state index contributed by atoms with van der Waals surface area (Å²) in [5, 5.41) is 0. The van der Waals surface area contributed by atoms with Crippen molar-refractivity contribution in [2.24, 2.45) is 10.8 Å². The Labute approximate surface area is 153 Å². The van der Waals surface area contributed by atoms with Crippen LogP contribution in [0.5, 0.6) is 0 Å². The Kier molecular flexibility index (Phi) is 6.82. The molecule has 0 saturated heterocycles. The van der Waals surface area contributed by atoms with Gasteiger partial charge in [-0.2, -0.15) is 0 Å². The van der Waals surface area contributed by atoms with Crippen LogP contribution in [0.25, 0.3) is 0 Å². The van der Waals surface area contributed by atoms with E-state index in [0.717, 1.165) is 0 Å². The van der Waals surface area contributed by atoms with Gasteiger partial charge < -0.3 is 23.7 Å². The van der Waals surface area contributed by atoms with Crippen molar-refractivity contribution in [2.75, 3.05) is 14.2 Å². The average molecular weight is 372 g/mol. The number of methoxy groups -OCH3 is 2. The van der Waals surface area contributed by atoms with Crippen LogP contribution in [0.2, 0.25) is 0 Å². The van der Waals surface area contributed by atoms with E-state index in [4.69, 9.17) is 18.9 Å². The highest BCUT2D eigenvalue weighted by molar-refractivity contribution is 5.86. The van der Waals surface area contributed by atoms with Gasteiger partial charge in [-0.05, 0) is 41.5 Å². The molecule has 0 fully saturated rings. The first kappa shape index (κ1) is 22.0. The van der Waals surface area contributed by atoms with Crippen molar-refractivity contribution in [1.29, 1.82) is 0 Å². The molecule has 148 valence electrons. The number of ether oxygens (including phenoxy) is 5. The van der Waals surface area contributed by atoms with E-state index in [0.29, 0.717) is 0 Å². The highest BCUT2D eigenvalue weighted by atomic mass is 16.7. The zero-order valence-electron chi connectivity index (χ0n) is 16.6. The van der Waals surface area contributed by atoms with E-state index in [1.807, 2.05) is 0 Å². The average Bonchev–Trinajstić information content (AvgIpc) is 2.53. The molecule has 3 atom stereocenters. The predicted octanol–water partition coefficient (Wildman–Crippen LogP) is 1.96. The fourth-order valence-electron chi connectivity index (χ4n) is 1.85. The summed E-state index contributed by atoms with van der Waals surface area (Å²) in [6.07, 6.45) is -2.03. The Morgan fingerprint density at radius 1 is 0.923 bits per heavy atom. The van der Waals surface area contributed by atoms with Crippen LogP contribution in [0.15, 0.2) is 11.8 Å². The number of hydrogen-bond donors (Lipinski definition) is 0. The van der Waals surface area contributed by atoms with Crippen molar-refractivity contribution < 1.29 is 38.1 Å². The number of carbonyl (C=O) groups excluding carboxylic acids is 3. The van der Waals surface area contributed by atoms with Gasteiger partial charge in [-0.1, -0.05) is 0 Å². The number of esters is 3. The third kappa shape index (κ3) is 5.45. The molecule has 0 spiro atoms. The molecule has 1 heterocycles. The molecular weight excluding hydrogens is 344 g/mol. The lowest BCUT2D eigenvalue weighted by Gasteiger charge is -2.36. The van der Waals surface area contributed by atoms with E-state index >= 15 is 0 Å². The highest BCUT2D eigenvalue weighted by Gasteiger charge is 2.44. The predicted molar refractivity (Wildman–Crippen MR) is 90.7 cm³/mol. The molecule has 0 aromatic rings. The minimum Gasteiger partial charge on any atom is -0.463 e. The Hall–Kier alpha value is -2.09. The lowest BCUT2D eigenvalue weighted by Crippen LogP contribution is -2.50. The molecule has 26 heavy (non-hydrogen) atoms. The van der Waals surface area contributed by atoms with Crippen LogP contribution in [0.3, 0.4) is 0 Å². The van der Waals surface area contributed by atoms with Crippen molar-refractivity contribution in [3.8, 4) is 0 Å². The van der Waals surface area contributed by atoms with Gasteiger partial charge in [0.25, 0.3) is 0 Å². The molecule has 1 aliphatic rings. The van der Waals surface area contributed by atoms with Gasteiger partial charge in [0.05, 0.1) is 17.9 Å². The fourth-order valence-corrected chi connectivity index (χ4v) is 1.85. The van der Waals surface area contributed by atoms with E-state index in [2.05, 4.69) is 4.74 Å². The van der Waals surface area contributed by atoms with Gasteiger partial charge in [0.1, 0.15) is 0 Å². The summed E-state index contributed by atoms with van der Waals surface area (Å²) in [6.45, 7) is 10.1. The summed E-state index contributed by atoms with van der Waals surface area (Å²) in [7, 11) is 2.52. The maximum absolute atomic E-state index is 12.3. The minimum atomic E-state index is -1.14. The van der Waals surface area contributed by atoms with Gasteiger partial charge in [-0.25, -0.2) is 4.79 Å². The molecule has 0 radical (unpaired) electrons. The minimum absolute atomic E-state index is 0.186. The van der Waals surface area contributed by atoms with E-state index in [-0.39, 0.29) is 5.76 Å². The van der Waals surface area contributed by atoms with Crippen LogP contribution in [0.4, 0.5) is 0 Å². The smallest absolute Gasteiger partial charge is 0.373 e. The standard InChI is InChI=1S/C18H28O8/c1-17(2,3)15(20)25-10-9-11(13(19)22-7)24-14(23-8)12(10)26-16(21)18(4,5)6/h9-10,12,14H,1-8H3/t10-,12-,14-/m0/s1. The summed E-state index contributed by atoms with van der Waals surface area (Å²) in [5.41, 5.74) is -1.58. The van der Waals surface area contributed by atoms with Crippen molar-refractivity contribution in [1.82, 2.24) is 0 Å². The second-order valence-electron chi connectivity index (χ2n) is 7.98. The number of carbonyl (C=O) groups is 3. The first-order valence-electron chi connectivity index (χ1n) is 8.23. The first-order chi connectivity index (χ1) is 11.8. The summed E-state index contributed by atoms with van der Waals surface area (Å²) < 4.78 is 26.2. The number of hydrogen-bond acceptors (Lipinski definition) is 8. The van der Waals surface area contributed by atoms with Gasteiger partial charge >= 0.3 is 17.9 Å². The van der Waals surface area contributed by atoms with Crippen LogP contribution < -0.4 is 0 Å². The fraction of sp³-hybridized carbons (Fsp3) is 0.722. The molecule has 0 aromatic carbocycles. The van der Waals surface area contributed by atoms with Crippen LogP contribution in [0.1, 0.15) is 41.5 Å². The molecule has 0 aromatic heterocycles. The summed E-state index contributed by atoms with van der Waals surface area (Å²) in [6, 6.07) is 0. The zero-order valence-corrected chi connectivity index (χ0v) is 16.6. The van der Waals surface area contributed by atoms with Gasteiger partial charge in [0, 0.05) is 13.2 Å². The maximum Gasteiger partial charge on any atom is 0.373 e. The second kappa shape index (κ2) is 8.07. The third-order valence-electron chi connectivity index (χ3n) is 3.48. The number of rotatable bonds is 4. The van der Waals surface area contributed by atoms with E-state index in [1.54, 1.807) is 41.5 Å². The lowest BCUT2D eigenvalue weighted by molar-refractivity contribution is -0.224. The highest BCUT2D eigenvalue weighted by Crippen LogP contribution is 2.29. The quantitative estimate of drug-likeness (QED) is 0.546. The maximum atomic E-state index is 12.3. The molecule has 1 rings (SSSR count). The molecule has 0 bridgehead atoms. The van der Waals surface area contributed by atoms with Gasteiger partial charge in [-0.3, -0.25) is 9.59 Å². The van der Waals surface area contributed by atoms with Crippen LogP contribution >= 0.6 is 0 Å². The molecule has 0 saturated carbocycles. The van der Waals surface area contributed by atoms with Gasteiger partial charge in [-0.15, -0.1) is 0 Å². The summed E-state index contributed by atoms with van der Waals surface area (Å²) in [5.74, 6) is -2.00. The molecule has 8 heteroatoms. The lowest BCUT2D eigenvalue weighted by atomic mass is 9.96. The molecule has 8 nitrogen and oxygen atoms in total.